The van der Waals surface area contributed by atoms with E-state index in [1.807, 2.05) is 25.8 Å². The van der Waals surface area contributed by atoms with Crippen LogP contribution >= 0.6 is 11.3 Å². The van der Waals surface area contributed by atoms with Crippen molar-refractivity contribution >= 4 is 41.0 Å². The number of hydrogen-bond donors (Lipinski definition) is 2. The monoisotopic (exact) mass is 795 g/mol. The molecule has 1 saturated heterocycles. The number of aromatic nitrogens is 3. The van der Waals surface area contributed by atoms with Gasteiger partial charge in [-0.25, -0.2) is 15.0 Å². The highest BCUT2D eigenvalue weighted by molar-refractivity contribution is 7.09. The van der Waals surface area contributed by atoms with Gasteiger partial charge in [0.1, 0.15) is 22.6 Å². The molecule has 2 aromatic rings. The Morgan fingerprint density at radius 3 is 2.27 bits per heavy atom. The summed E-state index contributed by atoms with van der Waals surface area (Å²) in [5.41, 5.74) is -1.04. The third kappa shape index (κ3) is 12.1. The lowest BCUT2D eigenvalue weighted by atomic mass is 9.95. The van der Waals surface area contributed by atoms with Crippen molar-refractivity contribution < 1.29 is 46.6 Å². The summed E-state index contributed by atoms with van der Waals surface area (Å²) in [5.74, 6) is -2.87. The predicted octanol–water partition coefficient (Wildman–Crippen LogP) is 4.35. The second kappa shape index (κ2) is 19.1. The number of methoxy groups -OCH3 is 1. The van der Waals surface area contributed by atoms with Crippen molar-refractivity contribution in [3.8, 4) is 0 Å². The van der Waals surface area contributed by atoms with E-state index in [1.165, 1.54) is 19.4 Å². The van der Waals surface area contributed by atoms with E-state index in [2.05, 4.69) is 25.6 Å². The molecule has 2 N–H and O–H groups in total. The van der Waals surface area contributed by atoms with Crippen molar-refractivity contribution in [2.75, 3.05) is 27.7 Å². The lowest BCUT2D eigenvalue weighted by molar-refractivity contribution is -0.149. The lowest BCUT2D eigenvalue weighted by Gasteiger charge is -2.37. The molecule has 1 aliphatic heterocycles. The summed E-state index contributed by atoms with van der Waals surface area (Å²) in [5, 5.41) is 7.64. The normalized spacial score (nSPS) is 19.1. The molecule has 14 nitrogen and oxygen atoms in total. The van der Waals surface area contributed by atoms with Crippen LogP contribution in [0.5, 0.6) is 0 Å². The molecule has 304 valence electrons. The van der Waals surface area contributed by atoms with Crippen LogP contribution in [-0.4, -0.2) is 106 Å². The molecule has 0 bridgehead atoms. The first-order chi connectivity index (χ1) is 25.9. The fraction of sp³-hybridized carbons (Fsp3) is 0.676. The minimum Gasteiger partial charge on any atom is -0.469 e. The van der Waals surface area contributed by atoms with Crippen molar-refractivity contribution in [2.24, 2.45) is 17.8 Å². The smallest absolute Gasteiger partial charge is 0.419 e. The SMILES string of the molecule is COC(=O)[C@@H](C)C[C@H](Cc1ncc(C(F)(F)F)cn1)NC(=O)c1csc([C@@H](C[C@H](C(C)C)N(C)C(=O)[C@@H](NC(=O)[C@H]2CCCCN2C)C2CC2)OC(C)=O)n1. The molecule has 0 radical (unpaired) electrons. The van der Waals surface area contributed by atoms with Gasteiger partial charge in [0.2, 0.25) is 11.8 Å². The number of likely N-dealkylation sites (N-methyl/N-ethyl adjacent to an activating group) is 2. The second-order valence-electron chi connectivity index (χ2n) is 14.9. The number of ether oxygens (including phenoxy) is 2. The first kappa shape index (κ1) is 43.5. The molecule has 2 fully saturated rings. The van der Waals surface area contributed by atoms with E-state index >= 15 is 0 Å². The highest BCUT2D eigenvalue weighted by Crippen LogP contribution is 2.36. The maximum atomic E-state index is 14.1. The Kier molecular flexibility index (Phi) is 15.1. The number of alkyl halides is 3. The predicted molar refractivity (Wildman–Crippen MR) is 195 cm³/mol. The number of halogens is 3. The van der Waals surface area contributed by atoms with Crippen LogP contribution in [0.15, 0.2) is 17.8 Å². The molecular weight excluding hydrogens is 744 g/mol. The maximum Gasteiger partial charge on any atom is 0.419 e. The zero-order valence-corrected chi connectivity index (χ0v) is 33.2. The standard InChI is InChI=1S/C37H52F3N7O7S/c1-20(2)28(47(6)35(51)31(23-11-12-23)45-33(50)27-10-8-9-13-46(27)5)16-29(54-22(4)48)34-44-26(19-55-34)32(49)43-25(14-21(3)36(52)53-7)15-30-41-17-24(18-42-30)37(38,39)40/h17-21,23,25,27-29,31H,8-16H2,1-7H3,(H,43,49)(H,45,50)/t21-,25+,27+,28+,29+,31-/m0/s1. The van der Waals surface area contributed by atoms with E-state index in [0.29, 0.717) is 17.4 Å². The Labute approximate surface area is 323 Å². The molecule has 55 heavy (non-hydrogen) atoms. The van der Waals surface area contributed by atoms with Crippen LogP contribution in [0, 0.1) is 17.8 Å². The number of rotatable bonds is 17. The molecule has 0 spiro atoms. The van der Waals surface area contributed by atoms with Gasteiger partial charge in [0.25, 0.3) is 5.91 Å². The molecule has 0 aromatic carbocycles. The second-order valence-corrected chi connectivity index (χ2v) is 15.8. The van der Waals surface area contributed by atoms with Gasteiger partial charge in [0, 0.05) is 56.7 Å². The Hall–Kier alpha value is -4.19. The van der Waals surface area contributed by atoms with Crippen molar-refractivity contribution in [3.05, 3.63) is 39.9 Å². The Morgan fingerprint density at radius 1 is 1.04 bits per heavy atom. The topological polar surface area (TPSA) is 173 Å². The minimum absolute atomic E-state index is 0.0177. The fourth-order valence-corrected chi connectivity index (χ4v) is 7.73. The molecule has 1 saturated carbocycles. The van der Waals surface area contributed by atoms with Gasteiger partial charge in [-0.15, -0.1) is 11.3 Å². The van der Waals surface area contributed by atoms with Crippen LogP contribution in [0.4, 0.5) is 13.2 Å². The van der Waals surface area contributed by atoms with Gasteiger partial charge in [-0.05, 0) is 57.5 Å². The minimum atomic E-state index is -4.62. The number of carbonyl (C=O) groups is 5. The average Bonchev–Trinajstić information content (AvgIpc) is 3.85. The van der Waals surface area contributed by atoms with Gasteiger partial charge in [-0.1, -0.05) is 27.2 Å². The van der Waals surface area contributed by atoms with E-state index in [9.17, 15) is 37.1 Å². The quantitative estimate of drug-likeness (QED) is 0.218. The van der Waals surface area contributed by atoms with Crippen molar-refractivity contribution in [1.29, 1.82) is 0 Å². The van der Waals surface area contributed by atoms with Crippen LogP contribution in [0.25, 0.3) is 0 Å². The third-order valence-electron chi connectivity index (χ3n) is 10.2. The Morgan fingerprint density at radius 2 is 1.71 bits per heavy atom. The van der Waals surface area contributed by atoms with E-state index in [0.717, 1.165) is 50.0 Å². The number of thiazole rings is 1. The summed E-state index contributed by atoms with van der Waals surface area (Å²) in [6.45, 7) is 7.55. The van der Waals surface area contributed by atoms with Gasteiger partial charge in [0.05, 0.1) is 24.6 Å². The van der Waals surface area contributed by atoms with Crippen LogP contribution in [0.1, 0.15) is 106 Å². The molecule has 6 atom stereocenters. The molecule has 18 heteroatoms. The Balaban J connectivity index is 1.50. The van der Waals surface area contributed by atoms with E-state index in [-0.39, 0.29) is 60.5 Å². The number of amides is 3. The highest BCUT2D eigenvalue weighted by Gasteiger charge is 2.42. The van der Waals surface area contributed by atoms with Crippen LogP contribution in [0.2, 0.25) is 0 Å². The van der Waals surface area contributed by atoms with Gasteiger partial charge >= 0.3 is 18.1 Å². The van der Waals surface area contributed by atoms with Gasteiger partial charge in [-0.2, -0.15) is 13.2 Å². The molecule has 2 aliphatic rings. The van der Waals surface area contributed by atoms with Gasteiger partial charge in [-0.3, -0.25) is 28.9 Å². The number of nitrogens with one attached hydrogen (secondary N) is 2. The molecule has 0 unspecified atom stereocenters. The summed E-state index contributed by atoms with van der Waals surface area (Å²) in [4.78, 5) is 81.3. The number of likely N-dealkylation sites (tertiary alicyclic amines) is 1. The first-order valence-electron chi connectivity index (χ1n) is 18.6. The zero-order valence-electron chi connectivity index (χ0n) is 32.4. The largest absolute Gasteiger partial charge is 0.469 e. The van der Waals surface area contributed by atoms with Crippen molar-refractivity contribution in [2.45, 2.75) is 116 Å². The molecular formula is C37H52F3N7O7S. The maximum absolute atomic E-state index is 14.1. The molecule has 3 amide bonds. The number of hydrogen-bond acceptors (Lipinski definition) is 12. The molecule has 1 aliphatic carbocycles. The molecule has 4 rings (SSSR count). The van der Waals surface area contributed by atoms with E-state index in [1.54, 1.807) is 18.9 Å². The number of nitrogens with zero attached hydrogens (tertiary/aromatic N) is 5. The zero-order chi connectivity index (χ0) is 40.6. The van der Waals surface area contributed by atoms with E-state index < -0.39 is 59.7 Å². The summed E-state index contributed by atoms with van der Waals surface area (Å²) in [6.07, 6.45) is 0.261. The van der Waals surface area contributed by atoms with Gasteiger partial charge in [0.15, 0.2) is 6.10 Å². The van der Waals surface area contributed by atoms with Crippen molar-refractivity contribution in [1.82, 2.24) is 35.4 Å². The summed E-state index contributed by atoms with van der Waals surface area (Å²) in [6, 6.07) is -2.21. The Bertz CT molecular complexity index is 1650. The van der Waals surface area contributed by atoms with Crippen molar-refractivity contribution in [3.63, 3.8) is 0 Å². The number of esters is 2. The molecule has 2 aromatic heterocycles. The molecule has 3 heterocycles. The first-order valence-corrected chi connectivity index (χ1v) is 19.4. The third-order valence-corrected chi connectivity index (χ3v) is 11.1. The highest BCUT2D eigenvalue weighted by atomic mass is 32.1. The summed E-state index contributed by atoms with van der Waals surface area (Å²) < 4.78 is 49.8. The van der Waals surface area contributed by atoms with Crippen LogP contribution in [0.3, 0.4) is 0 Å². The van der Waals surface area contributed by atoms with E-state index in [4.69, 9.17) is 9.47 Å². The van der Waals surface area contributed by atoms with Crippen LogP contribution in [-0.2, 0) is 41.2 Å². The van der Waals surface area contributed by atoms with Crippen LogP contribution < -0.4 is 10.6 Å². The number of carbonyl (C=O) groups excluding carboxylic acids is 5. The van der Waals surface area contributed by atoms with Gasteiger partial charge < -0.3 is 25.0 Å². The fourth-order valence-electron chi connectivity index (χ4n) is 6.89. The lowest BCUT2D eigenvalue weighted by Crippen LogP contribution is -2.56. The number of piperidine rings is 1. The summed E-state index contributed by atoms with van der Waals surface area (Å²) in [7, 11) is 4.83. The summed E-state index contributed by atoms with van der Waals surface area (Å²) >= 11 is 1.09. The average molecular weight is 796 g/mol.